The van der Waals surface area contributed by atoms with Crippen molar-refractivity contribution in [1.82, 2.24) is 9.97 Å². The fourth-order valence-corrected chi connectivity index (χ4v) is 2.87. The highest BCUT2D eigenvalue weighted by Crippen LogP contribution is 2.27. The molecule has 0 spiro atoms. The number of thioether (sulfide) groups is 1. The van der Waals surface area contributed by atoms with E-state index in [1.54, 1.807) is 0 Å². The highest BCUT2D eigenvalue weighted by molar-refractivity contribution is 9.10. The van der Waals surface area contributed by atoms with Gasteiger partial charge in [0.1, 0.15) is 10.9 Å². The lowest BCUT2D eigenvalue weighted by atomic mass is 10.2. The Morgan fingerprint density at radius 1 is 1.44 bits per heavy atom. The summed E-state index contributed by atoms with van der Waals surface area (Å²) < 4.78 is 0.967. The standard InChI is InChI=1S/C12H11BrN2O2S/c1-7-14-10-6-8(13)2-3-9(10)12(15-7)18-5-4-11(16)17/h2-3,6H,4-5H2,1H3,(H,16,17). The number of rotatable bonds is 4. The Kier molecular flexibility index (Phi) is 4.19. The van der Waals surface area contributed by atoms with Crippen molar-refractivity contribution in [3.8, 4) is 0 Å². The SMILES string of the molecule is Cc1nc(SCCC(=O)O)c2ccc(Br)cc2n1. The van der Waals surface area contributed by atoms with Gasteiger partial charge in [0.2, 0.25) is 0 Å². The van der Waals surface area contributed by atoms with Crippen molar-refractivity contribution < 1.29 is 9.90 Å². The van der Waals surface area contributed by atoms with Crippen LogP contribution in [0.5, 0.6) is 0 Å². The van der Waals surface area contributed by atoms with Crippen LogP contribution in [0, 0.1) is 6.92 Å². The van der Waals surface area contributed by atoms with Crippen LogP contribution in [0.3, 0.4) is 0 Å². The van der Waals surface area contributed by atoms with Gasteiger partial charge < -0.3 is 5.11 Å². The largest absolute Gasteiger partial charge is 0.481 e. The number of carboxylic acid groups (broad SMARTS) is 1. The summed E-state index contributed by atoms with van der Waals surface area (Å²) in [6, 6.07) is 5.81. The molecule has 1 aromatic carbocycles. The summed E-state index contributed by atoms with van der Waals surface area (Å²) in [7, 11) is 0. The van der Waals surface area contributed by atoms with E-state index in [-0.39, 0.29) is 6.42 Å². The zero-order valence-electron chi connectivity index (χ0n) is 9.68. The lowest BCUT2D eigenvalue weighted by Gasteiger charge is -2.06. The van der Waals surface area contributed by atoms with Crippen LogP contribution < -0.4 is 0 Å². The summed E-state index contributed by atoms with van der Waals surface area (Å²) in [4.78, 5) is 19.3. The second kappa shape index (κ2) is 5.67. The quantitative estimate of drug-likeness (QED) is 0.690. The first kappa shape index (κ1) is 13.3. The van der Waals surface area contributed by atoms with Gasteiger partial charge in [-0.15, -0.1) is 11.8 Å². The van der Waals surface area contributed by atoms with Crippen LogP contribution in [0.25, 0.3) is 10.9 Å². The second-order valence-corrected chi connectivity index (χ2v) is 5.73. The molecule has 2 aromatic rings. The van der Waals surface area contributed by atoms with Crippen LogP contribution in [-0.2, 0) is 4.79 Å². The van der Waals surface area contributed by atoms with Gasteiger partial charge in [-0.3, -0.25) is 4.79 Å². The van der Waals surface area contributed by atoms with E-state index in [0.29, 0.717) is 11.6 Å². The zero-order chi connectivity index (χ0) is 13.1. The van der Waals surface area contributed by atoms with Gasteiger partial charge in [0, 0.05) is 15.6 Å². The maximum absolute atomic E-state index is 10.5. The van der Waals surface area contributed by atoms with Gasteiger partial charge >= 0.3 is 5.97 Å². The van der Waals surface area contributed by atoms with Crippen molar-refractivity contribution >= 4 is 44.6 Å². The predicted octanol–water partition coefficient (Wildman–Crippen LogP) is 3.27. The van der Waals surface area contributed by atoms with Gasteiger partial charge in [-0.05, 0) is 25.1 Å². The molecule has 0 unspecified atom stereocenters. The van der Waals surface area contributed by atoms with Crippen molar-refractivity contribution in [2.45, 2.75) is 18.4 Å². The monoisotopic (exact) mass is 326 g/mol. The summed E-state index contributed by atoms with van der Waals surface area (Å²) in [6.45, 7) is 1.83. The van der Waals surface area contributed by atoms with Crippen LogP contribution >= 0.6 is 27.7 Å². The molecule has 2 rings (SSSR count). The smallest absolute Gasteiger partial charge is 0.304 e. The minimum Gasteiger partial charge on any atom is -0.481 e. The first-order valence-electron chi connectivity index (χ1n) is 5.35. The van der Waals surface area contributed by atoms with E-state index in [0.717, 1.165) is 20.4 Å². The molecule has 0 saturated carbocycles. The topological polar surface area (TPSA) is 63.1 Å². The zero-order valence-corrected chi connectivity index (χ0v) is 12.1. The molecule has 0 saturated heterocycles. The minimum atomic E-state index is -0.791. The average Bonchev–Trinajstić information content (AvgIpc) is 2.27. The number of aliphatic carboxylic acids is 1. The second-order valence-electron chi connectivity index (χ2n) is 3.73. The number of carbonyl (C=O) groups is 1. The summed E-state index contributed by atoms with van der Waals surface area (Å²) in [5, 5.41) is 10.4. The molecular weight excluding hydrogens is 316 g/mol. The van der Waals surface area contributed by atoms with Crippen LogP contribution in [-0.4, -0.2) is 26.8 Å². The predicted molar refractivity (Wildman–Crippen MR) is 75.0 cm³/mol. The lowest BCUT2D eigenvalue weighted by Crippen LogP contribution is -1.98. The van der Waals surface area contributed by atoms with E-state index in [4.69, 9.17) is 5.11 Å². The number of hydrogen-bond donors (Lipinski definition) is 1. The van der Waals surface area contributed by atoms with Gasteiger partial charge in [0.25, 0.3) is 0 Å². The average molecular weight is 327 g/mol. The number of halogens is 1. The number of fused-ring (bicyclic) bond motifs is 1. The Bertz CT molecular complexity index is 599. The third-order valence-corrected chi connectivity index (χ3v) is 3.78. The Hall–Kier alpha value is -1.14. The van der Waals surface area contributed by atoms with Gasteiger partial charge in [-0.1, -0.05) is 15.9 Å². The van der Waals surface area contributed by atoms with Crippen molar-refractivity contribution in [1.29, 1.82) is 0 Å². The van der Waals surface area contributed by atoms with Crippen molar-refractivity contribution in [2.24, 2.45) is 0 Å². The maximum Gasteiger partial charge on any atom is 0.304 e. The highest BCUT2D eigenvalue weighted by atomic mass is 79.9. The van der Waals surface area contributed by atoms with Crippen LogP contribution in [0.15, 0.2) is 27.7 Å². The molecule has 6 heteroatoms. The van der Waals surface area contributed by atoms with E-state index in [9.17, 15) is 4.79 Å². The van der Waals surface area contributed by atoms with Gasteiger partial charge in [-0.2, -0.15) is 0 Å². The van der Waals surface area contributed by atoms with Crippen molar-refractivity contribution in [2.75, 3.05) is 5.75 Å². The van der Waals surface area contributed by atoms with E-state index in [1.165, 1.54) is 11.8 Å². The molecule has 1 heterocycles. The first-order chi connectivity index (χ1) is 8.56. The number of aryl methyl sites for hydroxylation is 1. The minimum absolute atomic E-state index is 0.131. The van der Waals surface area contributed by atoms with E-state index in [2.05, 4.69) is 25.9 Å². The molecule has 0 bridgehead atoms. The van der Waals surface area contributed by atoms with Crippen LogP contribution in [0.2, 0.25) is 0 Å². The molecule has 0 radical (unpaired) electrons. The maximum atomic E-state index is 10.5. The Balaban J connectivity index is 2.34. The van der Waals surface area contributed by atoms with Crippen LogP contribution in [0.4, 0.5) is 0 Å². The molecule has 0 aliphatic rings. The molecule has 4 nitrogen and oxygen atoms in total. The molecule has 1 aromatic heterocycles. The summed E-state index contributed by atoms with van der Waals surface area (Å²) in [5.74, 6) is 0.412. The number of aromatic nitrogens is 2. The van der Waals surface area contributed by atoms with Gasteiger partial charge in [0.05, 0.1) is 11.9 Å². The molecule has 0 aliphatic carbocycles. The first-order valence-corrected chi connectivity index (χ1v) is 7.12. The van der Waals surface area contributed by atoms with E-state index < -0.39 is 5.97 Å². The summed E-state index contributed by atoms with van der Waals surface area (Å²) in [5.41, 5.74) is 0.870. The molecular formula is C12H11BrN2O2S. The number of carboxylic acids is 1. The number of benzene rings is 1. The normalized spacial score (nSPS) is 10.8. The van der Waals surface area contributed by atoms with Crippen molar-refractivity contribution in [3.05, 3.63) is 28.5 Å². The Morgan fingerprint density at radius 3 is 2.94 bits per heavy atom. The van der Waals surface area contributed by atoms with Gasteiger partial charge in [-0.25, -0.2) is 9.97 Å². The number of hydrogen-bond acceptors (Lipinski definition) is 4. The summed E-state index contributed by atoms with van der Waals surface area (Å²) >= 11 is 4.86. The molecule has 0 aliphatic heterocycles. The van der Waals surface area contributed by atoms with Crippen LogP contribution in [0.1, 0.15) is 12.2 Å². The Morgan fingerprint density at radius 2 is 2.22 bits per heavy atom. The van der Waals surface area contributed by atoms with E-state index >= 15 is 0 Å². The molecule has 94 valence electrons. The summed E-state index contributed by atoms with van der Waals surface area (Å²) in [6.07, 6.45) is 0.131. The highest BCUT2D eigenvalue weighted by Gasteiger charge is 2.07. The Labute approximate surface area is 117 Å². The molecule has 1 N–H and O–H groups in total. The lowest BCUT2D eigenvalue weighted by molar-refractivity contribution is -0.136. The number of nitrogens with zero attached hydrogens (tertiary/aromatic N) is 2. The molecule has 18 heavy (non-hydrogen) atoms. The third kappa shape index (κ3) is 3.20. The van der Waals surface area contributed by atoms with Crippen molar-refractivity contribution in [3.63, 3.8) is 0 Å². The molecule has 0 amide bonds. The van der Waals surface area contributed by atoms with Gasteiger partial charge in [0.15, 0.2) is 0 Å². The molecule has 0 atom stereocenters. The fraction of sp³-hybridized carbons (Fsp3) is 0.250. The molecule has 0 fully saturated rings. The third-order valence-electron chi connectivity index (χ3n) is 2.29. The van der Waals surface area contributed by atoms with E-state index in [1.807, 2.05) is 25.1 Å². The fourth-order valence-electron chi connectivity index (χ4n) is 1.53.